The molecule has 0 unspecified atom stereocenters. The van der Waals surface area contributed by atoms with Gasteiger partial charge in [0.15, 0.2) is 11.5 Å². The first-order valence-electron chi connectivity index (χ1n) is 10.9. The van der Waals surface area contributed by atoms with Crippen molar-refractivity contribution in [3.8, 4) is 17.6 Å². The number of nitriles is 1. The summed E-state index contributed by atoms with van der Waals surface area (Å²) < 4.78 is 24.6. The van der Waals surface area contributed by atoms with Crippen LogP contribution in [0.2, 0.25) is 0 Å². The summed E-state index contributed by atoms with van der Waals surface area (Å²) in [5.41, 5.74) is 1.34. The van der Waals surface area contributed by atoms with Crippen LogP contribution in [-0.4, -0.2) is 22.7 Å². The second-order valence-electron chi connectivity index (χ2n) is 7.28. The summed E-state index contributed by atoms with van der Waals surface area (Å²) in [6.07, 6.45) is 4.32. The third kappa shape index (κ3) is 7.12. The van der Waals surface area contributed by atoms with E-state index in [4.69, 9.17) is 9.47 Å². The Bertz CT molecular complexity index is 1190. The summed E-state index contributed by atoms with van der Waals surface area (Å²) in [6, 6.07) is 13.1. The Balaban J connectivity index is 1.72. The maximum Gasteiger partial charge on any atom is 0.268 e. The summed E-state index contributed by atoms with van der Waals surface area (Å²) in [5, 5.41) is 21.4. The Morgan fingerprint density at radius 3 is 2.65 bits per heavy atom. The highest BCUT2D eigenvalue weighted by Crippen LogP contribution is 2.30. The first-order valence-corrected chi connectivity index (χ1v) is 11.7. The molecule has 0 radical (unpaired) electrons. The number of rotatable bonds is 11. The summed E-state index contributed by atoms with van der Waals surface area (Å²) >= 11 is 1.30. The minimum Gasteiger partial charge on any atom is -0.490 e. The molecular formula is C25H25FN4O3S. The van der Waals surface area contributed by atoms with Crippen LogP contribution in [0.5, 0.6) is 11.5 Å². The number of unbranched alkanes of at least 4 members (excludes halogenated alkanes) is 1. The third-order valence-electron chi connectivity index (χ3n) is 4.68. The van der Waals surface area contributed by atoms with Crippen molar-refractivity contribution in [3.05, 3.63) is 70.0 Å². The maximum absolute atomic E-state index is 13.1. The average molecular weight is 481 g/mol. The lowest BCUT2D eigenvalue weighted by atomic mass is 10.1. The van der Waals surface area contributed by atoms with Gasteiger partial charge in [-0.15, -0.1) is 10.2 Å². The van der Waals surface area contributed by atoms with E-state index in [0.29, 0.717) is 28.8 Å². The molecule has 0 saturated carbocycles. The smallest absolute Gasteiger partial charge is 0.268 e. The van der Waals surface area contributed by atoms with E-state index in [0.717, 1.165) is 29.8 Å². The normalized spacial score (nSPS) is 11.1. The first kappa shape index (κ1) is 24.9. The molecule has 0 spiro atoms. The van der Waals surface area contributed by atoms with E-state index in [2.05, 4.69) is 22.4 Å². The number of hydrogen-bond acceptors (Lipinski definition) is 7. The van der Waals surface area contributed by atoms with Crippen molar-refractivity contribution in [3.63, 3.8) is 0 Å². The Labute approximate surface area is 201 Å². The SMILES string of the molecule is CCCCc1nnc(NC(=O)/C(C#N)=C\c2ccc(OCc3ccc(F)cc3)c(OCC)c2)s1. The number of nitrogens with zero attached hydrogens (tertiary/aromatic N) is 3. The number of hydrogen-bond donors (Lipinski definition) is 1. The lowest BCUT2D eigenvalue weighted by Gasteiger charge is -2.13. The molecule has 0 bridgehead atoms. The molecule has 34 heavy (non-hydrogen) atoms. The molecule has 3 rings (SSSR count). The molecule has 9 heteroatoms. The van der Waals surface area contributed by atoms with E-state index in [1.54, 1.807) is 30.3 Å². The van der Waals surface area contributed by atoms with E-state index in [9.17, 15) is 14.4 Å². The van der Waals surface area contributed by atoms with Crippen LogP contribution < -0.4 is 14.8 Å². The first-order chi connectivity index (χ1) is 16.5. The zero-order valence-corrected chi connectivity index (χ0v) is 19.8. The van der Waals surface area contributed by atoms with Gasteiger partial charge >= 0.3 is 0 Å². The summed E-state index contributed by atoms with van der Waals surface area (Å²) in [4.78, 5) is 12.6. The number of aromatic nitrogens is 2. The quantitative estimate of drug-likeness (QED) is 0.286. The molecule has 0 aliphatic heterocycles. The monoisotopic (exact) mass is 480 g/mol. The number of carbonyl (C=O) groups excluding carboxylic acids is 1. The number of halogens is 1. The van der Waals surface area contributed by atoms with Crippen LogP contribution in [0.1, 0.15) is 42.8 Å². The van der Waals surface area contributed by atoms with E-state index < -0.39 is 5.91 Å². The molecule has 1 amide bonds. The van der Waals surface area contributed by atoms with Crippen LogP contribution in [-0.2, 0) is 17.8 Å². The maximum atomic E-state index is 13.1. The van der Waals surface area contributed by atoms with Gasteiger partial charge in [0, 0.05) is 6.42 Å². The molecular weight excluding hydrogens is 455 g/mol. The molecule has 0 saturated heterocycles. The molecule has 0 atom stereocenters. The van der Waals surface area contributed by atoms with E-state index in [1.165, 1.54) is 29.5 Å². The molecule has 2 aromatic carbocycles. The molecule has 7 nitrogen and oxygen atoms in total. The lowest BCUT2D eigenvalue weighted by molar-refractivity contribution is -0.112. The van der Waals surface area contributed by atoms with Gasteiger partial charge in [0.25, 0.3) is 5.91 Å². The van der Waals surface area contributed by atoms with Gasteiger partial charge in [-0.25, -0.2) is 4.39 Å². The molecule has 176 valence electrons. The number of nitrogens with one attached hydrogen (secondary N) is 1. The summed E-state index contributed by atoms with van der Waals surface area (Å²) in [7, 11) is 0. The average Bonchev–Trinajstić information content (AvgIpc) is 3.28. The fourth-order valence-electron chi connectivity index (χ4n) is 2.96. The number of ether oxygens (including phenoxy) is 2. The molecule has 0 aliphatic carbocycles. The lowest BCUT2D eigenvalue weighted by Crippen LogP contribution is -2.13. The van der Waals surface area contributed by atoms with Crippen LogP contribution in [0.15, 0.2) is 48.0 Å². The molecule has 1 aromatic heterocycles. The number of amides is 1. The van der Waals surface area contributed by atoms with Crippen molar-refractivity contribution in [2.24, 2.45) is 0 Å². The number of aryl methyl sites for hydroxylation is 1. The van der Waals surface area contributed by atoms with Gasteiger partial charge in [-0.05, 0) is 54.8 Å². The number of anilines is 1. The van der Waals surface area contributed by atoms with Crippen molar-refractivity contribution in [1.29, 1.82) is 5.26 Å². The second-order valence-corrected chi connectivity index (χ2v) is 8.34. The highest BCUT2D eigenvalue weighted by Gasteiger charge is 2.14. The van der Waals surface area contributed by atoms with Gasteiger partial charge in [-0.1, -0.05) is 42.9 Å². The van der Waals surface area contributed by atoms with Gasteiger partial charge in [0.2, 0.25) is 5.13 Å². The predicted octanol–water partition coefficient (Wildman–Crippen LogP) is 5.54. The molecule has 1 N–H and O–H groups in total. The molecule has 0 aliphatic rings. The summed E-state index contributed by atoms with van der Waals surface area (Å²) in [5.74, 6) is 0.103. The minimum absolute atomic E-state index is 0.0762. The van der Waals surface area contributed by atoms with Crippen molar-refractivity contribution >= 4 is 28.5 Å². The van der Waals surface area contributed by atoms with Crippen molar-refractivity contribution in [2.45, 2.75) is 39.7 Å². The Kier molecular flexibility index (Phi) is 9.12. The second kappa shape index (κ2) is 12.5. The largest absolute Gasteiger partial charge is 0.490 e. The van der Waals surface area contributed by atoms with Crippen LogP contribution in [0, 0.1) is 17.1 Å². The minimum atomic E-state index is -0.560. The molecule has 1 heterocycles. The predicted molar refractivity (Wildman–Crippen MR) is 129 cm³/mol. The zero-order valence-electron chi connectivity index (χ0n) is 19.0. The topological polar surface area (TPSA) is 97.1 Å². The van der Waals surface area contributed by atoms with E-state index in [-0.39, 0.29) is 18.0 Å². The summed E-state index contributed by atoms with van der Waals surface area (Å²) in [6.45, 7) is 4.58. The third-order valence-corrected chi connectivity index (χ3v) is 5.58. The van der Waals surface area contributed by atoms with Gasteiger partial charge in [-0.3, -0.25) is 10.1 Å². The van der Waals surface area contributed by atoms with Crippen LogP contribution >= 0.6 is 11.3 Å². The zero-order chi connectivity index (χ0) is 24.3. The highest BCUT2D eigenvalue weighted by molar-refractivity contribution is 7.15. The van der Waals surface area contributed by atoms with Gasteiger partial charge in [0.05, 0.1) is 6.61 Å². The van der Waals surface area contributed by atoms with Crippen molar-refractivity contribution in [1.82, 2.24) is 10.2 Å². The van der Waals surface area contributed by atoms with Gasteiger partial charge in [-0.2, -0.15) is 5.26 Å². The standard InChI is InChI=1S/C25H25FN4O3S/c1-3-5-6-23-29-30-25(34-23)28-24(31)19(15-27)13-18-9-12-21(22(14-18)32-4-2)33-16-17-7-10-20(26)11-8-17/h7-14H,3-6,16H2,1-2H3,(H,28,30,31)/b19-13-. The van der Waals surface area contributed by atoms with Crippen molar-refractivity contribution < 1.29 is 18.7 Å². The fourth-order valence-corrected chi connectivity index (χ4v) is 3.73. The Morgan fingerprint density at radius 2 is 1.94 bits per heavy atom. The fraction of sp³-hybridized carbons (Fsp3) is 0.280. The molecule has 0 fully saturated rings. The number of carbonyl (C=O) groups is 1. The van der Waals surface area contributed by atoms with E-state index in [1.807, 2.05) is 13.0 Å². The number of benzene rings is 2. The Morgan fingerprint density at radius 1 is 1.15 bits per heavy atom. The van der Waals surface area contributed by atoms with Crippen LogP contribution in [0.3, 0.4) is 0 Å². The Hall–Kier alpha value is -3.77. The highest BCUT2D eigenvalue weighted by atomic mass is 32.1. The van der Waals surface area contributed by atoms with Crippen LogP contribution in [0.25, 0.3) is 6.08 Å². The van der Waals surface area contributed by atoms with Crippen molar-refractivity contribution in [2.75, 3.05) is 11.9 Å². The van der Waals surface area contributed by atoms with E-state index >= 15 is 0 Å². The van der Waals surface area contributed by atoms with Gasteiger partial charge in [0.1, 0.15) is 29.1 Å². The molecule has 3 aromatic rings. The van der Waals surface area contributed by atoms with Gasteiger partial charge < -0.3 is 9.47 Å². The van der Waals surface area contributed by atoms with Crippen LogP contribution in [0.4, 0.5) is 9.52 Å².